The summed E-state index contributed by atoms with van der Waals surface area (Å²) in [6.45, 7) is 8.38. The molecule has 1 saturated heterocycles. The second-order valence-electron chi connectivity index (χ2n) is 10.8. The molecule has 190 valence electrons. The molecule has 1 fully saturated rings. The van der Waals surface area contributed by atoms with Crippen molar-refractivity contribution in [2.24, 2.45) is 0 Å². The molecule has 2 amide bonds. The van der Waals surface area contributed by atoms with Gasteiger partial charge in [-0.3, -0.25) is 9.59 Å². The number of rotatable bonds is 5. The molecule has 5 nitrogen and oxygen atoms in total. The number of amides is 2. The molecule has 4 aromatic rings. The van der Waals surface area contributed by atoms with Gasteiger partial charge in [0.25, 0.3) is 11.8 Å². The van der Waals surface area contributed by atoms with E-state index in [0.29, 0.717) is 23.5 Å². The third kappa shape index (κ3) is 5.29. The van der Waals surface area contributed by atoms with E-state index in [-0.39, 0.29) is 23.0 Å². The van der Waals surface area contributed by atoms with Crippen molar-refractivity contribution in [2.45, 2.75) is 45.6 Å². The van der Waals surface area contributed by atoms with E-state index in [2.05, 4.69) is 26.1 Å². The first-order valence-corrected chi connectivity index (χ1v) is 12.8. The Bertz CT molecular complexity index is 1440. The van der Waals surface area contributed by atoms with Crippen molar-refractivity contribution in [3.63, 3.8) is 0 Å². The number of carbonyl (C=O) groups excluding carboxylic acids is 2. The fourth-order valence-electron chi connectivity index (χ4n) is 4.88. The van der Waals surface area contributed by atoms with Gasteiger partial charge in [-0.15, -0.1) is 0 Å². The van der Waals surface area contributed by atoms with Crippen molar-refractivity contribution in [3.05, 3.63) is 101 Å². The van der Waals surface area contributed by atoms with Crippen LogP contribution in [0, 0.1) is 5.82 Å². The fourth-order valence-corrected chi connectivity index (χ4v) is 4.88. The minimum atomic E-state index is -0.289. The zero-order chi connectivity index (χ0) is 26.2. The maximum Gasteiger partial charge on any atom is 0.270 e. The first-order chi connectivity index (χ1) is 17.7. The summed E-state index contributed by atoms with van der Waals surface area (Å²) < 4.78 is 15.5. The Morgan fingerprint density at radius 3 is 2.22 bits per heavy atom. The summed E-state index contributed by atoms with van der Waals surface area (Å²) in [5.41, 5.74) is 4.84. The maximum absolute atomic E-state index is 13.5. The molecule has 5 rings (SSSR count). The Kier molecular flexibility index (Phi) is 6.59. The molecule has 0 radical (unpaired) electrons. The van der Waals surface area contributed by atoms with Crippen molar-refractivity contribution in [1.29, 1.82) is 0 Å². The van der Waals surface area contributed by atoms with Crippen molar-refractivity contribution in [2.75, 3.05) is 18.4 Å². The second kappa shape index (κ2) is 9.85. The molecule has 3 aromatic carbocycles. The normalized spacial score (nSPS) is 13.8. The van der Waals surface area contributed by atoms with Crippen molar-refractivity contribution in [3.8, 4) is 0 Å². The van der Waals surface area contributed by atoms with E-state index in [4.69, 9.17) is 0 Å². The van der Waals surface area contributed by atoms with Crippen LogP contribution in [0.5, 0.6) is 0 Å². The van der Waals surface area contributed by atoms with Crippen molar-refractivity contribution in [1.82, 2.24) is 9.47 Å². The first-order valence-electron chi connectivity index (χ1n) is 12.8. The molecule has 6 heteroatoms. The molecular weight excluding hydrogens is 465 g/mol. The average Bonchev–Trinajstić information content (AvgIpc) is 3.53. The van der Waals surface area contributed by atoms with Crippen LogP contribution in [0.25, 0.3) is 10.9 Å². The molecule has 1 aliphatic rings. The van der Waals surface area contributed by atoms with Gasteiger partial charge in [-0.2, -0.15) is 0 Å². The Morgan fingerprint density at radius 2 is 1.57 bits per heavy atom. The van der Waals surface area contributed by atoms with Crippen LogP contribution < -0.4 is 5.32 Å². The van der Waals surface area contributed by atoms with E-state index < -0.39 is 0 Å². The van der Waals surface area contributed by atoms with Gasteiger partial charge >= 0.3 is 0 Å². The van der Waals surface area contributed by atoms with E-state index in [0.717, 1.165) is 42.4 Å². The van der Waals surface area contributed by atoms with E-state index in [1.165, 1.54) is 17.7 Å². The predicted octanol–water partition coefficient (Wildman–Crippen LogP) is 6.61. The van der Waals surface area contributed by atoms with E-state index >= 15 is 0 Å². The largest absolute Gasteiger partial charge is 0.337 e. The van der Waals surface area contributed by atoms with Gasteiger partial charge < -0.3 is 14.8 Å². The fraction of sp³-hybridized carbons (Fsp3) is 0.290. The summed E-state index contributed by atoms with van der Waals surface area (Å²) in [7, 11) is 0. The monoisotopic (exact) mass is 497 g/mol. The summed E-state index contributed by atoms with van der Waals surface area (Å²) in [5.74, 6) is -0.470. The number of aromatic nitrogens is 1. The predicted molar refractivity (Wildman–Crippen MR) is 146 cm³/mol. The Balaban J connectivity index is 1.45. The highest BCUT2D eigenvalue weighted by Gasteiger charge is 2.24. The molecule has 2 heterocycles. The Hall–Kier alpha value is -3.93. The van der Waals surface area contributed by atoms with Gasteiger partial charge in [-0.1, -0.05) is 45.0 Å². The van der Waals surface area contributed by atoms with Gasteiger partial charge in [0.1, 0.15) is 11.5 Å². The number of anilines is 1. The van der Waals surface area contributed by atoms with Crippen LogP contribution in [0.4, 0.5) is 10.1 Å². The number of nitrogens with zero attached hydrogens (tertiary/aromatic N) is 2. The Labute approximate surface area is 216 Å². The highest BCUT2D eigenvalue weighted by molar-refractivity contribution is 6.06. The molecule has 0 atom stereocenters. The quantitative estimate of drug-likeness (QED) is 0.337. The van der Waals surface area contributed by atoms with E-state index in [1.54, 1.807) is 12.1 Å². The lowest BCUT2D eigenvalue weighted by Crippen LogP contribution is -2.29. The van der Waals surface area contributed by atoms with E-state index in [1.807, 2.05) is 58.0 Å². The summed E-state index contributed by atoms with van der Waals surface area (Å²) in [6.07, 6.45) is 2.02. The molecule has 0 saturated carbocycles. The van der Waals surface area contributed by atoms with Gasteiger partial charge in [-0.05, 0) is 77.9 Å². The van der Waals surface area contributed by atoms with Crippen LogP contribution in [0.2, 0.25) is 0 Å². The molecule has 1 N–H and O–H groups in total. The van der Waals surface area contributed by atoms with Crippen LogP contribution in [0.3, 0.4) is 0 Å². The van der Waals surface area contributed by atoms with Crippen LogP contribution in [0.15, 0.2) is 72.8 Å². The number of carbonyl (C=O) groups is 2. The number of hydrogen-bond donors (Lipinski definition) is 1. The lowest BCUT2D eigenvalue weighted by atomic mass is 9.87. The van der Waals surface area contributed by atoms with Crippen LogP contribution in [-0.4, -0.2) is 34.4 Å². The van der Waals surface area contributed by atoms with Crippen LogP contribution >= 0.6 is 0 Å². The van der Waals surface area contributed by atoms with Crippen LogP contribution in [-0.2, 0) is 12.0 Å². The van der Waals surface area contributed by atoms with Crippen molar-refractivity contribution < 1.29 is 14.0 Å². The minimum Gasteiger partial charge on any atom is -0.337 e. The highest BCUT2D eigenvalue weighted by Crippen LogP contribution is 2.27. The summed E-state index contributed by atoms with van der Waals surface area (Å²) in [5, 5.41) is 3.86. The Morgan fingerprint density at radius 1 is 0.892 bits per heavy atom. The first kappa shape index (κ1) is 24.8. The van der Waals surface area contributed by atoms with Gasteiger partial charge in [-0.25, -0.2) is 4.39 Å². The van der Waals surface area contributed by atoms with Crippen LogP contribution in [0.1, 0.15) is 65.6 Å². The van der Waals surface area contributed by atoms with Gasteiger partial charge in [0, 0.05) is 41.8 Å². The molecule has 0 aliphatic carbocycles. The standard InChI is InChI=1S/C31H32FN3O2/c1-31(2,3)24-10-8-22(9-11-24)29(36)33-26-14-15-27-23(18-26)19-28(30(37)34-16-4-5-17-34)35(27)20-21-6-12-25(32)13-7-21/h6-15,18-19H,4-5,16-17,20H2,1-3H3,(H,33,36). The summed E-state index contributed by atoms with van der Waals surface area (Å²) in [6, 6.07) is 21.6. The zero-order valence-electron chi connectivity index (χ0n) is 21.6. The highest BCUT2D eigenvalue weighted by atomic mass is 19.1. The third-order valence-corrected chi connectivity index (χ3v) is 7.04. The maximum atomic E-state index is 13.5. The third-order valence-electron chi connectivity index (χ3n) is 7.04. The topological polar surface area (TPSA) is 54.3 Å². The summed E-state index contributed by atoms with van der Waals surface area (Å²) >= 11 is 0. The second-order valence-corrected chi connectivity index (χ2v) is 10.8. The van der Waals surface area contributed by atoms with E-state index in [9.17, 15) is 14.0 Å². The molecule has 1 aliphatic heterocycles. The smallest absolute Gasteiger partial charge is 0.270 e. The zero-order valence-corrected chi connectivity index (χ0v) is 21.6. The van der Waals surface area contributed by atoms with Gasteiger partial charge in [0.2, 0.25) is 0 Å². The van der Waals surface area contributed by atoms with Crippen molar-refractivity contribution >= 4 is 28.4 Å². The lowest BCUT2D eigenvalue weighted by Gasteiger charge is -2.19. The number of likely N-dealkylation sites (tertiary alicyclic amines) is 1. The molecule has 37 heavy (non-hydrogen) atoms. The number of benzene rings is 3. The SMILES string of the molecule is CC(C)(C)c1ccc(C(=O)Nc2ccc3c(c2)cc(C(=O)N2CCCC2)n3Cc2ccc(F)cc2)cc1. The number of fused-ring (bicyclic) bond motifs is 1. The lowest BCUT2D eigenvalue weighted by molar-refractivity contribution is 0.0783. The molecule has 1 aromatic heterocycles. The molecule has 0 spiro atoms. The average molecular weight is 498 g/mol. The minimum absolute atomic E-state index is 0.000310. The molecule has 0 unspecified atom stereocenters. The number of nitrogens with one attached hydrogen (secondary N) is 1. The van der Waals surface area contributed by atoms with Gasteiger partial charge in [0.15, 0.2) is 0 Å². The number of halogens is 1. The number of hydrogen-bond acceptors (Lipinski definition) is 2. The molecule has 0 bridgehead atoms. The van der Waals surface area contributed by atoms with Gasteiger partial charge in [0.05, 0.1) is 0 Å². The summed E-state index contributed by atoms with van der Waals surface area (Å²) in [4.78, 5) is 28.2. The molecular formula is C31H32FN3O2.